The predicted octanol–water partition coefficient (Wildman–Crippen LogP) is 0.858. The van der Waals surface area contributed by atoms with Crippen molar-refractivity contribution in [3.05, 3.63) is 12.7 Å². The molecule has 0 spiro atoms. The van der Waals surface area contributed by atoms with E-state index in [9.17, 15) is 33.6 Å². The number of unbranched alkanes of at least 4 members (excludes halogenated alkanes) is 4. The molecule has 0 radical (unpaired) electrons. The van der Waals surface area contributed by atoms with Crippen molar-refractivity contribution < 1.29 is 52.5 Å². The Morgan fingerprint density at radius 3 is 1.34 bits per heavy atom. The lowest BCUT2D eigenvalue weighted by Crippen LogP contribution is -2.41. The van der Waals surface area contributed by atoms with E-state index in [-0.39, 0.29) is 119 Å². The molecule has 0 bridgehead atoms. The Morgan fingerprint density at radius 1 is 0.525 bits per heavy atom. The second-order valence-electron chi connectivity index (χ2n) is 14.7. The topological polar surface area (TPSA) is 295 Å². The molecule has 11 N–H and O–H groups in total. The molecule has 0 fully saturated rings. The van der Waals surface area contributed by atoms with Gasteiger partial charge in [-0.2, -0.15) is 0 Å². The number of hydrogen-bond donors (Lipinski definition) is 8. The molecule has 0 aromatic heterocycles. The Kier molecular flexibility index (Phi) is 41.1. The summed E-state index contributed by atoms with van der Waals surface area (Å²) < 4.78 is 21.3. The SMILES string of the molecule is C=CCCC.C[C@@H](CCCCNC(=O)COCCOCCNC(=O)COCCOCCNC(=O)CCCC(=O)NCCCC[C@H](N)C(=O)NCCCC[C@H](C)C(N)=O)C(N)=O. The molecule has 0 aromatic rings. The summed E-state index contributed by atoms with van der Waals surface area (Å²) >= 11 is 0. The fourth-order valence-corrected chi connectivity index (χ4v) is 5.04. The summed E-state index contributed by atoms with van der Waals surface area (Å²) in [4.78, 5) is 81.8. The first-order chi connectivity index (χ1) is 29.2. The lowest BCUT2D eigenvalue weighted by Gasteiger charge is -2.13. The van der Waals surface area contributed by atoms with E-state index in [1.54, 1.807) is 13.8 Å². The molecule has 0 aliphatic heterocycles. The summed E-state index contributed by atoms with van der Waals surface area (Å²) in [5.74, 6) is -2.05. The minimum absolute atomic E-state index is 0.0772. The van der Waals surface area contributed by atoms with Gasteiger partial charge in [0.2, 0.25) is 41.4 Å². The summed E-state index contributed by atoms with van der Waals surface area (Å²) in [6, 6.07) is -0.618. The molecule has 0 rings (SSSR count). The molecule has 0 saturated heterocycles. The first-order valence-electron chi connectivity index (χ1n) is 21.9. The second kappa shape index (κ2) is 42.5. The normalized spacial score (nSPS) is 12.1. The molecule has 19 nitrogen and oxygen atoms in total. The third-order valence-electron chi connectivity index (χ3n) is 8.97. The van der Waals surface area contributed by atoms with Gasteiger partial charge in [0, 0.05) is 57.4 Å². The molecule has 3 atom stereocenters. The highest BCUT2D eigenvalue weighted by Gasteiger charge is 2.13. The van der Waals surface area contributed by atoms with E-state index in [1.807, 2.05) is 6.08 Å². The van der Waals surface area contributed by atoms with E-state index >= 15 is 0 Å². The van der Waals surface area contributed by atoms with Crippen molar-refractivity contribution in [2.75, 3.05) is 85.6 Å². The summed E-state index contributed by atoms with van der Waals surface area (Å²) in [5.41, 5.74) is 16.4. The Bertz CT molecular complexity index is 1210. The number of ether oxygens (including phenoxy) is 4. The van der Waals surface area contributed by atoms with Crippen molar-refractivity contribution in [3.63, 3.8) is 0 Å². The molecule has 0 aliphatic rings. The van der Waals surface area contributed by atoms with Crippen LogP contribution in [0.3, 0.4) is 0 Å². The fourth-order valence-electron chi connectivity index (χ4n) is 5.04. The lowest BCUT2D eigenvalue weighted by molar-refractivity contribution is -0.127. The molecule has 0 saturated carbocycles. The monoisotopic (exact) mass is 873 g/mol. The Labute approximate surface area is 363 Å². The van der Waals surface area contributed by atoms with Gasteiger partial charge in [-0.15, -0.1) is 6.58 Å². The van der Waals surface area contributed by atoms with Crippen LogP contribution in [0, 0.1) is 11.8 Å². The standard InChI is InChI=1S/C37H70N8O11.C5H10/c1-28(35(39)50)10-3-6-16-42-33(48)26-55-24-23-54-21-19-44-34(49)27-56-25-22-53-20-18-43-32(47)14-9-13-31(46)41-15-8-5-12-30(38)37(52)45-17-7-4-11-29(2)36(40)51;1-3-5-4-2/h28-30H,3-27,38H2,1-2H3,(H2,39,50)(H2,40,51)(H,41,46)(H,42,48)(H,43,47)(H,44,49)(H,45,52);3H,1,4-5H2,2H3/t28-,29-,30-;/m0./s1. The Morgan fingerprint density at radius 2 is 0.918 bits per heavy atom. The molecule has 354 valence electrons. The minimum atomic E-state index is -0.618. The number of rotatable bonds is 40. The highest BCUT2D eigenvalue weighted by Crippen LogP contribution is 2.07. The number of primary amides is 2. The number of amides is 7. The summed E-state index contributed by atoms with van der Waals surface area (Å²) in [6.45, 7) is 12.6. The maximum absolute atomic E-state index is 12.1. The zero-order valence-electron chi connectivity index (χ0n) is 37.3. The number of carbonyl (C=O) groups is 7. The van der Waals surface area contributed by atoms with E-state index in [0.717, 1.165) is 32.1 Å². The van der Waals surface area contributed by atoms with E-state index in [4.69, 9.17) is 36.1 Å². The fraction of sp³-hybridized carbons (Fsp3) is 0.786. The van der Waals surface area contributed by atoms with Crippen LogP contribution in [0.1, 0.15) is 111 Å². The van der Waals surface area contributed by atoms with Crippen LogP contribution < -0.4 is 43.8 Å². The highest BCUT2D eigenvalue weighted by atomic mass is 16.5. The second-order valence-corrected chi connectivity index (χ2v) is 14.7. The maximum atomic E-state index is 12.1. The van der Waals surface area contributed by atoms with Crippen molar-refractivity contribution in [3.8, 4) is 0 Å². The van der Waals surface area contributed by atoms with Crippen LogP contribution in [0.2, 0.25) is 0 Å². The van der Waals surface area contributed by atoms with Crippen molar-refractivity contribution >= 4 is 41.4 Å². The van der Waals surface area contributed by atoms with Gasteiger partial charge in [-0.05, 0) is 57.8 Å². The van der Waals surface area contributed by atoms with Crippen molar-refractivity contribution in [2.24, 2.45) is 29.0 Å². The molecule has 19 heteroatoms. The third kappa shape index (κ3) is 42.3. The maximum Gasteiger partial charge on any atom is 0.246 e. The number of nitrogens with two attached hydrogens (primary N) is 3. The van der Waals surface area contributed by atoms with Crippen LogP contribution in [0.4, 0.5) is 0 Å². The van der Waals surface area contributed by atoms with Gasteiger partial charge in [-0.1, -0.05) is 46.1 Å². The van der Waals surface area contributed by atoms with Crippen LogP contribution in [-0.2, 0) is 52.5 Å². The molecule has 0 aliphatic carbocycles. The zero-order valence-corrected chi connectivity index (χ0v) is 37.3. The molecule has 0 aromatic carbocycles. The van der Waals surface area contributed by atoms with Crippen molar-refractivity contribution in [1.82, 2.24) is 26.6 Å². The third-order valence-corrected chi connectivity index (χ3v) is 8.97. The lowest BCUT2D eigenvalue weighted by atomic mass is 10.0. The first-order valence-corrected chi connectivity index (χ1v) is 21.9. The number of allylic oxidation sites excluding steroid dienone is 1. The quantitative estimate of drug-likeness (QED) is 0.0314. The van der Waals surface area contributed by atoms with Crippen molar-refractivity contribution in [1.29, 1.82) is 0 Å². The minimum Gasteiger partial charge on any atom is -0.377 e. The average Bonchev–Trinajstić information content (AvgIpc) is 3.22. The van der Waals surface area contributed by atoms with Crippen molar-refractivity contribution in [2.45, 2.75) is 117 Å². The first kappa shape index (κ1) is 58.9. The van der Waals surface area contributed by atoms with Gasteiger partial charge in [-0.3, -0.25) is 33.6 Å². The van der Waals surface area contributed by atoms with E-state index in [0.29, 0.717) is 71.2 Å². The highest BCUT2D eigenvalue weighted by molar-refractivity contribution is 5.81. The van der Waals surface area contributed by atoms with Gasteiger partial charge >= 0.3 is 0 Å². The average molecular weight is 873 g/mol. The number of nitrogens with one attached hydrogen (secondary N) is 5. The summed E-state index contributed by atoms with van der Waals surface area (Å²) in [5, 5.41) is 13.8. The van der Waals surface area contributed by atoms with Gasteiger partial charge in [-0.25, -0.2) is 0 Å². The zero-order chi connectivity index (χ0) is 45.9. The number of hydrogen-bond acceptors (Lipinski definition) is 12. The van der Waals surface area contributed by atoms with Crippen LogP contribution in [0.15, 0.2) is 12.7 Å². The predicted molar refractivity (Wildman–Crippen MR) is 234 cm³/mol. The molecule has 7 amide bonds. The van der Waals surface area contributed by atoms with Crippen LogP contribution in [0.25, 0.3) is 0 Å². The number of carbonyl (C=O) groups excluding carboxylic acids is 7. The summed E-state index contributed by atoms with van der Waals surface area (Å²) in [6.07, 6.45) is 11.5. The molecule has 61 heavy (non-hydrogen) atoms. The summed E-state index contributed by atoms with van der Waals surface area (Å²) in [7, 11) is 0. The molecular weight excluding hydrogens is 793 g/mol. The molecule has 0 heterocycles. The largest absolute Gasteiger partial charge is 0.377 e. The van der Waals surface area contributed by atoms with Crippen LogP contribution in [0.5, 0.6) is 0 Å². The van der Waals surface area contributed by atoms with E-state index < -0.39 is 6.04 Å². The van der Waals surface area contributed by atoms with Gasteiger partial charge in [0.05, 0.1) is 45.7 Å². The molecular formula is C42H80N8O11. The van der Waals surface area contributed by atoms with Gasteiger partial charge in [0.1, 0.15) is 13.2 Å². The smallest absolute Gasteiger partial charge is 0.246 e. The van der Waals surface area contributed by atoms with E-state index in [1.165, 1.54) is 6.42 Å². The molecule has 0 unspecified atom stereocenters. The Hall–Kier alpha value is -4.17. The Balaban J connectivity index is 0. The van der Waals surface area contributed by atoms with Gasteiger partial charge in [0.25, 0.3) is 0 Å². The van der Waals surface area contributed by atoms with E-state index in [2.05, 4.69) is 40.1 Å². The van der Waals surface area contributed by atoms with Crippen LogP contribution >= 0.6 is 0 Å². The van der Waals surface area contributed by atoms with Gasteiger partial charge < -0.3 is 62.7 Å². The van der Waals surface area contributed by atoms with Gasteiger partial charge in [0.15, 0.2) is 0 Å². The van der Waals surface area contributed by atoms with Crippen LogP contribution in [-0.4, -0.2) is 133 Å².